The molecule has 0 aliphatic carbocycles. The minimum atomic E-state index is -0.898. The first kappa shape index (κ1) is 15.8. The molecule has 2 aromatic rings. The molecule has 1 amide bonds. The lowest BCUT2D eigenvalue weighted by Gasteiger charge is -2.09. The van der Waals surface area contributed by atoms with Crippen molar-refractivity contribution in [3.05, 3.63) is 64.7 Å². The molecule has 0 radical (unpaired) electrons. The van der Waals surface area contributed by atoms with Gasteiger partial charge in [0.05, 0.1) is 5.56 Å². The summed E-state index contributed by atoms with van der Waals surface area (Å²) in [5, 5.41) is 12.0. The number of carboxylic acids is 1. The smallest absolute Gasteiger partial charge is 0.335 e. The van der Waals surface area contributed by atoms with Gasteiger partial charge in [-0.05, 0) is 49.1 Å². The molecule has 4 nitrogen and oxygen atoms in total. The Bertz CT molecular complexity index is 707. The van der Waals surface area contributed by atoms with Gasteiger partial charge in [0.25, 0.3) is 0 Å². The third-order valence-electron chi connectivity index (χ3n) is 3.43. The van der Waals surface area contributed by atoms with Crippen LogP contribution in [0.15, 0.2) is 42.5 Å². The van der Waals surface area contributed by atoms with Crippen molar-refractivity contribution in [2.24, 2.45) is 0 Å². The summed E-state index contributed by atoms with van der Waals surface area (Å²) in [6, 6.07) is 13.1. The minimum Gasteiger partial charge on any atom is -0.478 e. The Morgan fingerprint density at radius 2 is 1.86 bits per heavy atom. The van der Waals surface area contributed by atoms with E-state index in [-0.39, 0.29) is 5.91 Å². The van der Waals surface area contributed by atoms with E-state index in [4.69, 9.17) is 0 Å². The molecule has 0 aromatic heterocycles. The lowest BCUT2D eigenvalue weighted by atomic mass is 9.98. The average molecular weight is 297 g/mol. The van der Waals surface area contributed by atoms with E-state index < -0.39 is 5.97 Å². The molecule has 2 N–H and O–H groups in total. The number of nitrogens with one attached hydrogen (secondary N) is 1. The fourth-order valence-electron chi connectivity index (χ4n) is 2.39. The molecule has 2 aromatic carbocycles. The van der Waals surface area contributed by atoms with E-state index in [2.05, 4.69) is 5.32 Å². The van der Waals surface area contributed by atoms with Crippen LogP contribution in [0.25, 0.3) is 0 Å². The first-order valence-corrected chi connectivity index (χ1v) is 7.15. The fraction of sp³-hybridized carbons (Fsp3) is 0.222. The second-order valence-corrected chi connectivity index (χ2v) is 5.35. The Labute approximate surface area is 129 Å². The average Bonchev–Trinajstić information content (AvgIpc) is 2.45. The van der Waals surface area contributed by atoms with Gasteiger partial charge in [-0.2, -0.15) is 0 Å². The molecule has 0 atom stereocenters. The van der Waals surface area contributed by atoms with Crippen molar-refractivity contribution in [3.8, 4) is 0 Å². The van der Waals surface area contributed by atoms with Crippen LogP contribution in [0.2, 0.25) is 0 Å². The highest BCUT2D eigenvalue weighted by molar-refractivity contribution is 5.90. The molecule has 0 saturated carbocycles. The normalized spacial score (nSPS) is 10.3. The molecule has 0 aliphatic rings. The predicted molar refractivity (Wildman–Crippen MR) is 86.3 cm³/mol. The minimum absolute atomic E-state index is 0.108. The number of amides is 1. The Hall–Kier alpha value is -2.62. The van der Waals surface area contributed by atoms with E-state index >= 15 is 0 Å². The molecule has 0 saturated heterocycles. The van der Waals surface area contributed by atoms with Crippen LogP contribution in [0, 0.1) is 6.92 Å². The number of aromatic carboxylic acids is 1. The Balaban J connectivity index is 2.13. The highest BCUT2D eigenvalue weighted by Crippen LogP contribution is 2.17. The lowest BCUT2D eigenvalue weighted by Crippen LogP contribution is -2.06. The van der Waals surface area contributed by atoms with Gasteiger partial charge in [0.1, 0.15) is 0 Å². The van der Waals surface area contributed by atoms with Gasteiger partial charge in [0.15, 0.2) is 0 Å². The first-order valence-electron chi connectivity index (χ1n) is 7.15. The molecule has 0 spiro atoms. The number of carbonyl (C=O) groups is 2. The van der Waals surface area contributed by atoms with Gasteiger partial charge < -0.3 is 10.4 Å². The third kappa shape index (κ3) is 4.19. The van der Waals surface area contributed by atoms with Crippen LogP contribution in [0.5, 0.6) is 0 Å². The number of anilines is 1. The van der Waals surface area contributed by atoms with E-state index in [1.807, 2.05) is 43.3 Å². The lowest BCUT2D eigenvalue weighted by molar-refractivity contribution is -0.114. The number of rotatable bonds is 5. The highest BCUT2D eigenvalue weighted by Gasteiger charge is 2.10. The maximum atomic E-state index is 11.3. The standard InChI is InChI=1S/C18H19NO3/c1-12-6-8-15(17(10-12)18(21)22)9-7-14-4-3-5-16(11-14)19-13(2)20/h3-6,8,10-11H,7,9H2,1-2H3,(H,19,20)(H,21,22). The van der Waals surface area contributed by atoms with Gasteiger partial charge in [-0.15, -0.1) is 0 Å². The molecule has 22 heavy (non-hydrogen) atoms. The maximum absolute atomic E-state index is 11.3. The van der Waals surface area contributed by atoms with Crippen LogP contribution in [0.4, 0.5) is 5.69 Å². The van der Waals surface area contributed by atoms with E-state index in [0.717, 1.165) is 28.8 Å². The van der Waals surface area contributed by atoms with Gasteiger partial charge >= 0.3 is 5.97 Å². The third-order valence-corrected chi connectivity index (χ3v) is 3.43. The van der Waals surface area contributed by atoms with Gasteiger partial charge in [-0.25, -0.2) is 4.79 Å². The molecule has 0 aliphatic heterocycles. The summed E-state index contributed by atoms with van der Waals surface area (Å²) < 4.78 is 0. The SMILES string of the molecule is CC(=O)Nc1cccc(CCc2ccc(C)cc2C(=O)O)c1. The second-order valence-electron chi connectivity index (χ2n) is 5.35. The maximum Gasteiger partial charge on any atom is 0.335 e. The molecule has 0 fully saturated rings. The van der Waals surface area contributed by atoms with Gasteiger partial charge in [0, 0.05) is 12.6 Å². The summed E-state index contributed by atoms with van der Waals surface area (Å²) in [5.41, 5.74) is 3.94. The molecule has 0 bridgehead atoms. The fourth-order valence-corrected chi connectivity index (χ4v) is 2.39. The predicted octanol–water partition coefficient (Wildman–Crippen LogP) is 3.44. The zero-order chi connectivity index (χ0) is 16.1. The van der Waals surface area contributed by atoms with Crippen LogP contribution in [0.3, 0.4) is 0 Å². The summed E-state index contributed by atoms with van der Waals surface area (Å²) in [7, 11) is 0. The molecule has 2 rings (SSSR count). The molecule has 0 heterocycles. The van der Waals surface area contributed by atoms with Crippen molar-refractivity contribution < 1.29 is 14.7 Å². The topological polar surface area (TPSA) is 66.4 Å². The van der Waals surface area contributed by atoms with Crippen molar-refractivity contribution in [2.75, 3.05) is 5.32 Å². The van der Waals surface area contributed by atoms with Gasteiger partial charge in [0.2, 0.25) is 5.91 Å². The molecule has 0 unspecified atom stereocenters. The van der Waals surface area contributed by atoms with Crippen molar-refractivity contribution in [1.29, 1.82) is 0 Å². The van der Waals surface area contributed by atoms with Crippen molar-refractivity contribution in [3.63, 3.8) is 0 Å². The van der Waals surface area contributed by atoms with Crippen molar-refractivity contribution in [2.45, 2.75) is 26.7 Å². The van der Waals surface area contributed by atoms with Crippen LogP contribution < -0.4 is 5.32 Å². The monoisotopic (exact) mass is 297 g/mol. The Kier molecular flexibility index (Phi) is 4.94. The summed E-state index contributed by atoms with van der Waals surface area (Å²) in [6.45, 7) is 3.35. The largest absolute Gasteiger partial charge is 0.478 e. The Morgan fingerprint density at radius 1 is 1.09 bits per heavy atom. The second kappa shape index (κ2) is 6.89. The first-order chi connectivity index (χ1) is 10.5. The molecule has 114 valence electrons. The number of hydrogen-bond acceptors (Lipinski definition) is 2. The molecule has 4 heteroatoms. The van der Waals surface area contributed by atoms with E-state index in [1.54, 1.807) is 6.07 Å². The summed E-state index contributed by atoms with van der Waals surface area (Å²) in [5.74, 6) is -1.01. The number of carbonyl (C=O) groups excluding carboxylic acids is 1. The zero-order valence-electron chi connectivity index (χ0n) is 12.7. The quantitative estimate of drug-likeness (QED) is 0.888. The molecular weight excluding hydrogens is 278 g/mol. The van der Waals surface area contributed by atoms with Crippen molar-refractivity contribution in [1.82, 2.24) is 0 Å². The summed E-state index contributed by atoms with van der Waals surface area (Å²) in [6.07, 6.45) is 1.36. The highest BCUT2D eigenvalue weighted by atomic mass is 16.4. The van der Waals surface area contributed by atoms with E-state index in [9.17, 15) is 14.7 Å². The summed E-state index contributed by atoms with van der Waals surface area (Å²) >= 11 is 0. The number of benzene rings is 2. The number of aryl methyl sites for hydroxylation is 3. The van der Waals surface area contributed by atoms with Crippen LogP contribution >= 0.6 is 0 Å². The van der Waals surface area contributed by atoms with Gasteiger partial charge in [-0.3, -0.25) is 4.79 Å². The van der Waals surface area contributed by atoms with Crippen molar-refractivity contribution >= 4 is 17.6 Å². The van der Waals surface area contributed by atoms with Gasteiger partial charge in [-0.1, -0.05) is 29.8 Å². The van der Waals surface area contributed by atoms with E-state index in [0.29, 0.717) is 12.0 Å². The zero-order valence-corrected chi connectivity index (χ0v) is 12.7. The van der Waals surface area contributed by atoms with Crippen LogP contribution in [0.1, 0.15) is 34.0 Å². The van der Waals surface area contributed by atoms with Crippen LogP contribution in [-0.4, -0.2) is 17.0 Å². The number of hydrogen-bond donors (Lipinski definition) is 2. The van der Waals surface area contributed by atoms with E-state index in [1.165, 1.54) is 6.92 Å². The summed E-state index contributed by atoms with van der Waals surface area (Å²) in [4.78, 5) is 22.4. The van der Waals surface area contributed by atoms with Crippen LogP contribution in [-0.2, 0) is 17.6 Å². The Morgan fingerprint density at radius 3 is 2.55 bits per heavy atom. The number of carboxylic acid groups (broad SMARTS) is 1. The molecular formula is C18H19NO3.